The van der Waals surface area contributed by atoms with Crippen LogP contribution in [0.4, 0.5) is 26.3 Å². The average molecular weight is 843 g/mol. The minimum absolute atomic E-state index is 0.0102. The first kappa shape index (κ1) is 40.8. The second kappa shape index (κ2) is 16.6. The smallest absolute Gasteiger partial charge is 0.416 e. The Morgan fingerprint density at radius 2 is 1.76 bits per heavy atom. The number of ether oxygens (including phenoxy) is 1. The third-order valence-corrected chi connectivity index (χ3v) is 9.84. The number of pyridine rings is 1. The highest BCUT2D eigenvalue weighted by atomic mass is 79.9. The van der Waals surface area contributed by atoms with Crippen molar-refractivity contribution < 1.29 is 45.8 Å². The molecular weight excluding hydrogens is 808 g/mol. The number of nitrogens with one attached hydrogen (secondary N) is 1. The van der Waals surface area contributed by atoms with Crippen molar-refractivity contribution in [3.05, 3.63) is 120 Å². The first-order chi connectivity index (χ1) is 25.4. The number of amides is 1. The zero-order chi connectivity index (χ0) is 39.6. The summed E-state index contributed by atoms with van der Waals surface area (Å²) in [7, 11) is 0. The molecule has 16 heteroatoms. The molecule has 2 heterocycles. The van der Waals surface area contributed by atoms with Crippen LogP contribution in [0.25, 0.3) is 11.1 Å². The van der Waals surface area contributed by atoms with Crippen LogP contribution in [0, 0.1) is 25.5 Å². The number of hydrogen-bond acceptors (Lipinski definition) is 6. The molecule has 0 aliphatic carbocycles. The van der Waals surface area contributed by atoms with Gasteiger partial charge in [0.15, 0.2) is 0 Å². The van der Waals surface area contributed by atoms with Crippen molar-refractivity contribution in [2.24, 2.45) is 0 Å². The molecular formula is C38H35BrClF6N3O5. The topological polar surface area (TPSA) is 101 Å². The number of phenols is 1. The Balaban J connectivity index is 1.68. The predicted octanol–water partition coefficient (Wildman–Crippen LogP) is 8.15. The molecule has 1 aromatic heterocycles. The number of aromatic hydroxyl groups is 1. The van der Waals surface area contributed by atoms with Gasteiger partial charge in [0.1, 0.15) is 29.6 Å². The third kappa shape index (κ3) is 8.95. The van der Waals surface area contributed by atoms with Crippen molar-refractivity contribution in [2.75, 3.05) is 26.2 Å². The maximum absolute atomic E-state index is 16.1. The number of rotatable bonds is 12. The molecule has 0 bridgehead atoms. The minimum Gasteiger partial charge on any atom is -0.507 e. The SMILES string of the molecule is CCOC(=O)C[C@H](NC(=O)C(c1cc(Br)cc(Cl)c1F)n1cc(CCN2CC(F)C2)c(C(F)(F)F)cc1=O)c1cc(-c2c(C)cccc2O)cc(C)c1F. The van der Waals surface area contributed by atoms with Crippen molar-refractivity contribution in [3.8, 4) is 16.9 Å². The lowest BCUT2D eigenvalue weighted by Gasteiger charge is -2.34. The van der Waals surface area contributed by atoms with Gasteiger partial charge in [-0.2, -0.15) is 13.2 Å². The van der Waals surface area contributed by atoms with Crippen molar-refractivity contribution >= 4 is 39.4 Å². The molecule has 3 aromatic carbocycles. The van der Waals surface area contributed by atoms with Gasteiger partial charge in [-0.15, -0.1) is 0 Å². The Morgan fingerprint density at radius 3 is 2.39 bits per heavy atom. The molecule has 1 unspecified atom stereocenters. The number of nitrogens with zero attached hydrogens (tertiary/aromatic N) is 2. The molecule has 5 rings (SSSR count). The summed E-state index contributed by atoms with van der Waals surface area (Å²) < 4.78 is 94.0. The van der Waals surface area contributed by atoms with E-state index in [9.17, 15) is 37.1 Å². The molecule has 1 aliphatic heterocycles. The van der Waals surface area contributed by atoms with Crippen LogP contribution in [0.3, 0.4) is 0 Å². The van der Waals surface area contributed by atoms with Gasteiger partial charge in [0.25, 0.3) is 5.56 Å². The fourth-order valence-corrected chi connectivity index (χ4v) is 7.35. The number of halogens is 8. The first-order valence-corrected chi connectivity index (χ1v) is 17.9. The van der Waals surface area contributed by atoms with E-state index in [4.69, 9.17) is 16.3 Å². The van der Waals surface area contributed by atoms with Gasteiger partial charge in [-0.25, -0.2) is 13.2 Å². The van der Waals surface area contributed by atoms with E-state index in [1.54, 1.807) is 24.0 Å². The lowest BCUT2D eigenvalue weighted by atomic mass is 9.92. The molecule has 4 aromatic rings. The summed E-state index contributed by atoms with van der Waals surface area (Å²) in [5.74, 6) is -4.23. The summed E-state index contributed by atoms with van der Waals surface area (Å²) in [6, 6.07) is 6.51. The quantitative estimate of drug-likeness (QED) is 0.0849. The van der Waals surface area contributed by atoms with Crippen molar-refractivity contribution in [1.82, 2.24) is 14.8 Å². The number of aromatic nitrogens is 1. The van der Waals surface area contributed by atoms with E-state index in [2.05, 4.69) is 21.2 Å². The van der Waals surface area contributed by atoms with Crippen LogP contribution in [0.15, 0.2) is 64.0 Å². The fourth-order valence-electron chi connectivity index (χ4n) is 6.52. The van der Waals surface area contributed by atoms with E-state index in [-0.39, 0.29) is 54.0 Å². The Labute approximate surface area is 319 Å². The second-order valence-corrected chi connectivity index (χ2v) is 14.3. The van der Waals surface area contributed by atoms with E-state index in [1.165, 1.54) is 32.0 Å². The van der Waals surface area contributed by atoms with Gasteiger partial charge in [0.2, 0.25) is 5.91 Å². The monoisotopic (exact) mass is 841 g/mol. The van der Waals surface area contributed by atoms with Gasteiger partial charge in [-0.1, -0.05) is 39.7 Å². The van der Waals surface area contributed by atoms with Gasteiger partial charge in [-0.05, 0) is 79.8 Å². The maximum Gasteiger partial charge on any atom is 0.416 e. The molecule has 0 saturated carbocycles. The molecule has 1 fully saturated rings. The van der Waals surface area contributed by atoms with Crippen LogP contribution in [0.2, 0.25) is 5.02 Å². The van der Waals surface area contributed by atoms with E-state index in [0.29, 0.717) is 27.3 Å². The van der Waals surface area contributed by atoms with E-state index < -0.39 is 81.6 Å². The summed E-state index contributed by atoms with van der Waals surface area (Å²) in [4.78, 5) is 42.6. The van der Waals surface area contributed by atoms with Crippen LogP contribution < -0.4 is 10.9 Å². The number of likely N-dealkylation sites (tertiary alicyclic amines) is 1. The lowest BCUT2D eigenvalue weighted by molar-refractivity contribution is -0.144. The number of alkyl halides is 4. The summed E-state index contributed by atoms with van der Waals surface area (Å²) in [6.45, 7) is 4.61. The Bertz CT molecular complexity index is 2120. The third-order valence-electron chi connectivity index (χ3n) is 9.11. The summed E-state index contributed by atoms with van der Waals surface area (Å²) in [6.07, 6.45) is -6.30. The molecule has 0 spiro atoms. The molecule has 2 atom stereocenters. The summed E-state index contributed by atoms with van der Waals surface area (Å²) in [5, 5.41) is 12.7. The molecule has 1 amide bonds. The standard InChI is InChI=1S/C38H35BrClF6N3O5/c1-4-54-32(52)15-29(25-11-22(10-20(3)34(25)42)33-19(2)6-5-7-30(33)50)47-37(53)36(26-12-23(39)13-28(40)35(26)43)49-16-21(8-9-48-17-24(41)18-48)27(14-31(49)51)38(44,45)46/h5-7,10-14,16,24,29,36,50H,4,8-9,15,17-18H2,1-3H3,(H,47,53)/t29-,36?/m0/s1. The fraction of sp³-hybridized carbons (Fsp3) is 0.342. The van der Waals surface area contributed by atoms with Crippen LogP contribution in [0.5, 0.6) is 5.75 Å². The number of esters is 1. The van der Waals surface area contributed by atoms with Crippen molar-refractivity contribution in [3.63, 3.8) is 0 Å². The van der Waals surface area contributed by atoms with E-state index in [0.717, 1.165) is 18.3 Å². The van der Waals surface area contributed by atoms with E-state index >= 15 is 8.78 Å². The normalized spacial score (nSPS) is 14.7. The minimum atomic E-state index is -5.00. The zero-order valence-corrected chi connectivity index (χ0v) is 31.5. The Kier molecular flexibility index (Phi) is 12.5. The van der Waals surface area contributed by atoms with Crippen molar-refractivity contribution in [1.29, 1.82) is 0 Å². The highest BCUT2D eigenvalue weighted by molar-refractivity contribution is 9.10. The van der Waals surface area contributed by atoms with Crippen LogP contribution >= 0.6 is 27.5 Å². The number of aryl methyl sites for hydroxylation is 2. The predicted molar refractivity (Wildman–Crippen MR) is 193 cm³/mol. The van der Waals surface area contributed by atoms with E-state index in [1.807, 2.05) is 0 Å². The van der Waals surface area contributed by atoms with Crippen LogP contribution in [-0.2, 0) is 26.9 Å². The maximum atomic E-state index is 16.1. The average Bonchev–Trinajstić information content (AvgIpc) is 3.06. The molecule has 54 heavy (non-hydrogen) atoms. The number of phenolic OH excluding ortho intramolecular Hbond substituents is 1. The van der Waals surface area contributed by atoms with Gasteiger partial charge < -0.3 is 15.2 Å². The second-order valence-electron chi connectivity index (χ2n) is 13.0. The van der Waals surface area contributed by atoms with Crippen molar-refractivity contribution in [2.45, 2.75) is 58.0 Å². The summed E-state index contributed by atoms with van der Waals surface area (Å²) >= 11 is 9.31. The Morgan fingerprint density at radius 1 is 1.06 bits per heavy atom. The lowest BCUT2D eigenvalue weighted by Crippen LogP contribution is -2.49. The number of carbonyl (C=O) groups is 2. The molecule has 0 radical (unpaired) electrons. The largest absolute Gasteiger partial charge is 0.507 e. The first-order valence-electron chi connectivity index (χ1n) is 16.8. The summed E-state index contributed by atoms with van der Waals surface area (Å²) in [5.41, 5.74) is -2.47. The Hall–Kier alpha value is -4.34. The molecule has 1 saturated heterocycles. The van der Waals surface area contributed by atoms with Gasteiger partial charge in [0.05, 0.1) is 29.7 Å². The highest BCUT2D eigenvalue weighted by Crippen LogP contribution is 2.38. The number of carbonyl (C=O) groups excluding carboxylic acids is 2. The van der Waals surface area contributed by atoms with Gasteiger partial charge in [-0.3, -0.25) is 23.9 Å². The van der Waals surface area contributed by atoms with Gasteiger partial charge >= 0.3 is 12.1 Å². The highest BCUT2D eigenvalue weighted by Gasteiger charge is 2.38. The molecule has 1 aliphatic rings. The molecule has 2 N–H and O–H groups in total. The molecule has 288 valence electrons. The van der Waals surface area contributed by atoms with Crippen LogP contribution in [0.1, 0.15) is 58.8 Å². The van der Waals surface area contributed by atoms with Gasteiger partial charge in [0, 0.05) is 53.1 Å². The zero-order valence-electron chi connectivity index (χ0n) is 29.2. The number of hydrogen-bond donors (Lipinski definition) is 2. The van der Waals surface area contributed by atoms with Crippen LogP contribution in [-0.4, -0.2) is 58.9 Å². The number of benzene rings is 3. The molecule has 8 nitrogen and oxygen atoms in total.